The summed E-state index contributed by atoms with van der Waals surface area (Å²) in [7, 11) is 0. The number of aliphatic hydroxyl groups excluding tert-OH is 1. The molecule has 0 aromatic carbocycles. The van der Waals surface area contributed by atoms with E-state index in [1.807, 2.05) is 0 Å². The van der Waals surface area contributed by atoms with Crippen LogP contribution < -0.4 is 11.1 Å². The molecule has 0 radical (unpaired) electrons. The lowest BCUT2D eigenvalue weighted by Crippen LogP contribution is -2.38. The van der Waals surface area contributed by atoms with Gasteiger partial charge in [0.15, 0.2) is 0 Å². The molecule has 0 aromatic heterocycles. The SMILES string of the molecule is NC(=O)C(O)CNCCC(=O)O. The van der Waals surface area contributed by atoms with Gasteiger partial charge in [-0.3, -0.25) is 9.59 Å². The van der Waals surface area contributed by atoms with Crippen molar-refractivity contribution in [1.82, 2.24) is 5.32 Å². The molecule has 1 atom stereocenters. The number of rotatable bonds is 6. The highest BCUT2D eigenvalue weighted by atomic mass is 16.4. The van der Waals surface area contributed by atoms with Gasteiger partial charge in [0.2, 0.25) is 5.91 Å². The van der Waals surface area contributed by atoms with Crippen molar-refractivity contribution in [2.75, 3.05) is 13.1 Å². The molecule has 6 nitrogen and oxygen atoms in total. The molecule has 0 bridgehead atoms. The first-order chi connectivity index (χ1) is 5.54. The Hall–Kier alpha value is -1.14. The number of aliphatic hydroxyl groups is 1. The standard InChI is InChI=1S/C6H12N2O4/c7-6(12)4(9)3-8-2-1-5(10)11/h4,8-9H,1-3H2,(H2,7,12)(H,10,11). The Morgan fingerprint density at radius 3 is 2.50 bits per heavy atom. The van der Waals surface area contributed by atoms with Gasteiger partial charge in [-0.2, -0.15) is 0 Å². The van der Waals surface area contributed by atoms with Crippen LogP contribution in [0.4, 0.5) is 0 Å². The number of carboxylic acid groups (broad SMARTS) is 1. The molecule has 0 heterocycles. The molecule has 0 fully saturated rings. The summed E-state index contributed by atoms with van der Waals surface area (Å²) in [4.78, 5) is 20.2. The number of hydrogen-bond donors (Lipinski definition) is 4. The predicted molar refractivity (Wildman–Crippen MR) is 40.3 cm³/mol. The van der Waals surface area contributed by atoms with Gasteiger partial charge in [-0.25, -0.2) is 0 Å². The van der Waals surface area contributed by atoms with E-state index in [1.165, 1.54) is 0 Å². The zero-order chi connectivity index (χ0) is 9.56. The van der Waals surface area contributed by atoms with Gasteiger partial charge in [0, 0.05) is 13.1 Å². The fraction of sp³-hybridized carbons (Fsp3) is 0.667. The number of carboxylic acids is 1. The Kier molecular flexibility index (Phi) is 4.98. The normalized spacial score (nSPS) is 12.4. The van der Waals surface area contributed by atoms with E-state index in [0.29, 0.717) is 0 Å². The third-order valence-corrected chi connectivity index (χ3v) is 1.18. The highest BCUT2D eigenvalue weighted by Crippen LogP contribution is 1.79. The van der Waals surface area contributed by atoms with Crippen LogP contribution in [-0.4, -0.2) is 41.3 Å². The van der Waals surface area contributed by atoms with E-state index in [2.05, 4.69) is 5.32 Å². The highest BCUT2D eigenvalue weighted by molar-refractivity contribution is 5.78. The number of primary amides is 1. The van der Waals surface area contributed by atoms with E-state index < -0.39 is 18.0 Å². The van der Waals surface area contributed by atoms with Crippen LogP contribution in [0.15, 0.2) is 0 Å². The molecule has 6 heteroatoms. The maximum atomic E-state index is 10.2. The van der Waals surface area contributed by atoms with Gasteiger partial charge in [0.05, 0.1) is 6.42 Å². The Morgan fingerprint density at radius 2 is 2.08 bits per heavy atom. The van der Waals surface area contributed by atoms with Crippen LogP contribution in [0.5, 0.6) is 0 Å². The minimum atomic E-state index is -1.25. The first-order valence-corrected chi connectivity index (χ1v) is 3.44. The predicted octanol–water partition coefficient (Wildman–Crippen LogP) is -2.10. The molecule has 0 aliphatic heterocycles. The fourth-order valence-electron chi connectivity index (χ4n) is 0.535. The van der Waals surface area contributed by atoms with Gasteiger partial charge in [0.25, 0.3) is 0 Å². The second kappa shape index (κ2) is 5.50. The van der Waals surface area contributed by atoms with Crippen LogP contribution in [0.2, 0.25) is 0 Å². The van der Waals surface area contributed by atoms with Crippen molar-refractivity contribution < 1.29 is 19.8 Å². The number of nitrogens with two attached hydrogens (primary N) is 1. The molecule has 1 unspecified atom stereocenters. The van der Waals surface area contributed by atoms with Gasteiger partial charge in [-0.15, -0.1) is 0 Å². The lowest BCUT2D eigenvalue weighted by molar-refractivity contribution is -0.136. The van der Waals surface area contributed by atoms with Gasteiger partial charge < -0.3 is 21.3 Å². The molecule has 0 aliphatic rings. The van der Waals surface area contributed by atoms with Crippen LogP contribution in [0.3, 0.4) is 0 Å². The summed E-state index contributed by atoms with van der Waals surface area (Å²) >= 11 is 0. The molecule has 12 heavy (non-hydrogen) atoms. The van der Waals surface area contributed by atoms with Crippen molar-refractivity contribution in [2.24, 2.45) is 5.73 Å². The average molecular weight is 176 g/mol. The monoisotopic (exact) mass is 176 g/mol. The molecule has 1 amide bonds. The van der Waals surface area contributed by atoms with Crippen molar-refractivity contribution in [3.63, 3.8) is 0 Å². The van der Waals surface area contributed by atoms with Gasteiger partial charge in [-0.05, 0) is 0 Å². The second-order valence-electron chi connectivity index (χ2n) is 2.27. The molecule has 70 valence electrons. The Labute approximate surface area is 69.4 Å². The lowest BCUT2D eigenvalue weighted by Gasteiger charge is -2.06. The third kappa shape index (κ3) is 5.63. The largest absolute Gasteiger partial charge is 0.481 e. The summed E-state index contributed by atoms with van der Waals surface area (Å²) in [5, 5.41) is 19.6. The molecule has 0 saturated heterocycles. The molecule has 0 saturated carbocycles. The number of aliphatic carboxylic acids is 1. The van der Waals surface area contributed by atoms with E-state index in [-0.39, 0.29) is 19.5 Å². The van der Waals surface area contributed by atoms with Crippen molar-refractivity contribution in [1.29, 1.82) is 0 Å². The van der Waals surface area contributed by atoms with Crippen molar-refractivity contribution in [3.05, 3.63) is 0 Å². The quantitative estimate of drug-likeness (QED) is 0.346. The molecule has 5 N–H and O–H groups in total. The lowest BCUT2D eigenvalue weighted by atomic mass is 10.3. The van der Waals surface area contributed by atoms with Crippen LogP contribution in [0.1, 0.15) is 6.42 Å². The number of carbonyl (C=O) groups is 2. The Morgan fingerprint density at radius 1 is 1.50 bits per heavy atom. The van der Waals surface area contributed by atoms with Crippen LogP contribution >= 0.6 is 0 Å². The topological polar surface area (TPSA) is 113 Å². The molecular formula is C6H12N2O4. The zero-order valence-electron chi connectivity index (χ0n) is 6.49. The van der Waals surface area contributed by atoms with E-state index in [0.717, 1.165) is 0 Å². The summed E-state index contributed by atoms with van der Waals surface area (Å²) in [5.74, 6) is -1.76. The van der Waals surface area contributed by atoms with E-state index in [4.69, 9.17) is 15.9 Å². The van der Waals surface area contributed by atoms with E-state index in [1.54, 1.807) is 0 Å². The van der Waals surface area contributed by atoms with Crippen molar-refractivity contribution in [2.45, 2.75) is 12.5 Å². The van der Waals surface area contributed by atoms with Crippen molar-refractivity contribution in [3.8, 4) is 0 Å². The van der Waals surface area contributed by atoms with E-state index >= 15 is 0 Å². The van der Waals surface area contributed by atoms with Crippen LogP contribution in [0.25, 0.3) is 0 Å². The summed E-state index contributed by atoms with van der Waals surface area (Å²) < 4.78 is 0. The first kappa shape index (κ1) is 10.9. The molecule has 0 rings (SSSR count). The van der Waals surface area contributed by atoms with E-state index in [9.17, 15) is 9.59 Å². The fourth-order valence-corrected chi connectivity index (χ4v) is 0.535. The Balaban J connectivity index is 3.31. The average Bonchev–Trinajstić information content (AvgIpc) is 1.97. The summed E-state index contributed by atoms with van der Waals surface area (Å²) in [6, 6.07) is 0. The summed E-state index contributed by atoms with van der Waals surface area (Å²) in [6.07, 6.45) is -1.30. The maximum absolute atomic E-state index is 10.2. The highest BCUT2D eigenvalue weighted by Gasteiger charge is 2.09. The number of carbonyl (C=O) groups excluding carboxylic acids is 1. The minimum absolute atomic E-state index is 0.0113. The first-order valence-electron chi connectivity index (χ1n) is 3.44. The molecule has 0 aliphatic carbocycles. The van der Waals surface area contributed by atoms with Gasteiger partial charge in [-0.1, -0.05) is 0 Å². The van der Waals surface area contributed by atoms with Gasteiger partial charge in [0.1, 0.15) is 6.10 Å². The zero-order valence-corrected chi connectivity index (χ0v) is 6.49. The minimum Gasteiger partial charge on any atom is -0.481 e. The summed E-state index contributed by atoms with van der Waals surface area (Å²) in [6.45, 7) is 0.197. The number of amides is 1. The second-order valence-corrected chi connectivity index (χ2v) is 2.27. The van der Waals surface area contributed by atoms with Crippen molar-refractivity contribution >= 4 is 11.9 Å². The number of nitrogens with one attached hydrogen (secondary N) is 1. The van der Waals surface area contributed by atoms with Crippen LogP contribution in [-0.2, 0) is 9.59 Å². The Bertz CT molecular complexity index is 171. The molecule has 0 aromatic rings. The third-order valence-electron chi connectivity index (χ3n) is 1.18. The van der Waals surface area contributed by atoms with Gasteiger partial charge >= 0.3 is 5.97 Å². The number of hydrogen-bond acceptors (Lipinski definition) is 4. The molecule has 0 spiro atoms. The van der Waals surface area contributed by atoms with Crippen LogP contribution in [0, 0.1) is 0 Å². The smallest absolute Gasteiger partial charge is 0.304 e. The molecular weight excluding hydrogens is 164 g/mol. The maximum Gasteiger partial charge on any atom is 0.304 e. The summed E-state index contributed by atoms with van der Waals surface area (Å²) in [5.41, 5.74) is 4.73.